The van der Waals surface area contributed by atoms with Crippen LogP contribution in [0.4, 0.5) is 5.69 Å². The van der Waals surface area contributed by atoms with E-state index in [9.17, 15) is 8.42 Å². The van der Waals surface area contributed by atoms with Crippen molar-refractivity contribution in [2.75, 3.05) is 26.0 Å². The van der Waals surface area contributed by atoms with Gasteiger partial charge in [0.15, 0.2) is 0 Å². The molecule has 0 bridgehead atoms. The van der Waals surface area contributed by atoms with Crippen molar-refractivity contribution in [1.29, 1.82) is 0 Å². The Kier molecular flexibility index (Phi) is 5.21. The summed E-state index contributed by atoms with van der Waals surface area (Å²) < 4.78 is 31.3. The summed E-state index contributed by atoms with van der Waals surface area (Å²) in [7, 11) is -2.16. The van der Waals surface area contributed by atoms with E-state index in [-0.39, 0.29) is 28.8 Å². The number of nitrogens with two attached hydrogens (primary N) is 1. The number of ether oxygens (including phenoxy) is 1. The predicted octanol–water partition coefficient (Wildman–Crippen LogP) is 1.61. The van der Waals surface area contributed by atoms with Gasteiger partial charge in [0.2, 0.25) is 10.0 Å². The second-order valence-corrected chi connectivity index (χ2v) is 6.16. The molecule has 0 spiro atoms. The van der Waals surface area contributed by atoms with Crippen LogP contribution in [-0.2, 0) is 14.8 Å². The van der Waals surface area contributed by atoms with Crippen molar-refractivity contribution in [3.8, 4) is 0 Å². The summed E-state index contributed by atoms with van der Waals surface area (Å²) in [5.41, 5.74) is 5.89. The standard InChI is InChI=1S/C9H12BrClN2O3S/c1-16-3-2-13-17(14,15)8-5-6(11)4-7(12)9(8)10/h4-5,13H,2-3,12H2,1H3. The van der Waals surface area contributed by atoms with E-state index in [0.29, 0.717) is 4.47 Å². The lowest BCUT2D eigenvalue weighted by atomic mass is 10.3. The van der Waals surface area contributed by atoms with Gasteiger partial charge in [0.25, 0.3) is 0 Å². The highest BCUT2D eigenvalue weighted by Crippen LogP contribution is 2.31. The van der Waals surface area contributed by atoms with E-state index in [4.69, 9.17) is 22.1 Å². The number of hydrogen-bond donors (Lipinski definition) is 2. The van der Waals surface area contributed by atoms with Gasteiger partial charge in [-0.1, -0.05) is 11.6 Å². The first-order valence-corrected chi connectivity index (χ1v) is 7.27. The molecule has 0 fully saturated rings. The third-order valence-electron chi connectivity index (χ3n) is 1.92. The molecular weight excluding hydrogens is 332 g/mol. The molecule has 96 valence electrons. The average Bonchev–Trinajstić information content (AvgIpc) is 2.23. The normalized spacial score (nSPS) is 11.7. The molecule has 0 amide bonds. The molecule has 0 aromatic heterocycles. The zero-order chi connectivity index (χ0) is 13.1. The number of rotatable bonds is 5. The Labute approximate surface area is 113 Å². The Morgan fingerprint density at radius 2 is 2.18 bits per heavy atom. The smallest absolute Gasteiger partial charge is 0.241 e. The Balaban J connectivity index is 3.06. The van der Waals surface area contributed by atoms with Gasteiger partial charge in [0, 0.05) is 24.4 Å². The lowest BCUT2D eigenvalue weighted by Gasteiger charge is -2.10. The Morgan fingerprint density at radius 3 is 2.76 bits per heavy atom. The van der Waals surface area contributed by atoms with Gasteiger partial charge < -0.3 is 10.5 Å². The van der Waals surface area contributed by atoms with Gasteiger partial charge in [-0.15, -0.1) is 0 Å². The van der Waals surface area contributed by atoms with Crippen LogP contribution in [0.25, 0.3) is 0 Å². The summed E-state index contributed by atoms with van der Waals surface area (Å²) in [4.78, 5) is 0.0126. The monoisotopic (exact) mass is 342 g/mol. The molecule has 1 aromatic rings. The minimum atomic E-state index is -3.65. The van der Waals surface area contributed by atoms with Crippen molar-refractivity contribution in [2.24, 2.45) is 0 Å². The van der Waals surface area contributed by atoms with Gasteiger partial charge in [-0.3, -0.25) is 0 Å². The molecule has 1 aromatic carbocycles. The molecule has 0 saturated carbocycles. The van der Waals surface area contributed by atoms with E-state index < -0.39 is 10.0 Å². The average molecular weight is 344 g/mol. The van der Waals surface area contributed by atoms with Gasteiger partial charge in [-0.2, -0.15) is 0 Å². The Bertz CT molecular complexity index is 507. The van der Waals surface area contributed by atoms with Crippen LogP contribution in [0.3, 0.4) is 0 Å². The quantitative estimate of drug-likeness (QED) is 0.628. The van der Waals surface area contributed by atoms with Crippen molar-refractivity contribution >= 4 is 43.2 Å². The van der Waals surface area contributed by atoms with Crippen LogP contribution < -0.4 is 10.5 Å². The number of nitrogens with one attached hydrogen (secondary N) is 1. The summed E-state index contributed by atoms with van der Waals surface area (Å²) in [6, 6.07) is 2.80. The molecule has 0 aliphatic heterocycles. The van der Waals surface area contributed by atoms with Gasteiger partial charge in [0.1, 0.15) is 0 Å². The summed E-state index contributed by atoms with van der Waals surface area (Å²) in [6.07, 6.45) is 0. The maximum Gasteiger partial charge on any atom is 0.241 e. The molecule has 0 heterocycles. The van der Waals surface area contributed by atoms with Gasteiger partial charge in [-0.05, 0) is 28.1 Å². The van der Waals surface area contributed by atoms with Crippen LogP contribution in [0, 0.1) is 0 Å². The molecule has 8 heteroatoms. The molecule has 3 N–H and O–H groups in total. The molecule has 0 saturated heterocycles. The van der Waals surface area contributed by atoms with E-state index in [2.05, 4.69) is 20.7 Å². The van der Waals surface area contributed by atoms with E-state index in [0.717, 1.165) is 0 Å². The maximum atomic E-state index is 11.9. The highest BCUT2D eigenvalue weighted by Gasteiger charge is 2.19. The summed E-state index contributed by atoms with van der Waals surface area (Å²) in [6.45, 7) is 0.463. The van der Waals surface area contributed by atoms with Crippen molar-refractivity contribution in [2.45, 2.75) is 4.90 Å². The first-order chi connectivity index (χ1) is 7.88. The highest BCUT2D eigenvalue weighted by atomic mass is 79.9. The topological polar surface area (TPSA) is 81.4 Å². The molecule has 0 atom stereocenters. The molecule has 5 nitrogen and oxygen atoms in total. The lowest BCUT2D eigenvalue weighted by molar-refractivity contribution is 0.204. The number of anilines is 1. The molecule has 0 aliphatic carbocycles. The summed E-state index contributed by atoms with van der Waals surface area (Å²) in [5.74, 6) is 0. The van der Waals surface area contributed by atoms with Gasteiger partial charge >= 0.3 is 0 Å². The van der Waals surface area contributed by atoms with E-state index in [1.54, 1.807) is 0 Å². The predicted molar refractivity (Wildman–Crippen MR) is 70.6 cm³/mol. The third-order valence-corrected chi connectivity index (χ3v) is 4.77. The van der Waals surface area contributed by atoms with Crippen LogP contribution in [0.2, 0.25) is 5.02 Å². The minimum Gasteiger partial charge on any atom is -0.398 e. The number of benzene rings is 1. The molecule has 1 rings (SSSR count). The van der Waals surface area contributed by atoms with Crippen LogP contribution >= 0.6 is 27.5 Å². The van der Waals surface area contributed by atoms with Crippen molar-refractivity contribution in [3.63, 3.8) is 0 Å². The number of hydrogen-bond acceptors (Lipinski definition) is 4. The second kappa shape index (κ2) is 6.01. The second-order valence-electron chi connectivity index (χ2n) is 3.20. The zero-order valence-electron chi connectivity index (χ0n) is 9.04. The fraction of sp³-hybridized carbons (Fsp3) is 0.333. The van der Waals surface area contributed by atoms with Crippen LogP contribution in [0.5, 0.6) is 0 Å². The minimum absolute atomic E-state index is 0.0126. The fourth-order valence-corrected chi connectivity index (χ4v) is 3.44. The fourth-order valence-electron chi connectivity index (χ4n) is 1.14. The van der Waals surface area contributed by atoms with Crippen LogP contribution in [0.1, 0.15) is 0 Å². The highest BCUT2D eigenvalue weighted by molar-refractivity contribution is 9.10. The number of halogens is 2. The molecule has 17 heavy (non-hydrogen) atoms. The van der Waals surface area contributed by atoms with E-state index >= 15 is 0 Å². The maximum absolute atomic E-state index is 11.9. The van der Waals surface area contributed by atoms with Gasteiger partial charge in [-0.25, -0.2) is 13.1 Å². The van der Waals surface area contributed by atoms with Crippen molar-refractivity contribution < 1.29 is 13.2 Å². The SMILES string of the molecule is COCCNS(=O)(=O)c1cc(Cl)cc(N)c1Br. The van der Waals surface area contributed by atoms with Crippen molar-refractivity contribution in [3.05, 3.63) is 21.6 Å². The first kappa shape index (κ1) is 14.7. The zero-order valence-corrected chi connectivity index (χ0v) is 12.2. The van der Waals surface area contributed by atoms with E-state index in [1.807, 2.05) is 0 Å². The van der Waals surface area contributed by atoms with Gasteiger partial charge in [0.05, 0.1) is 16.0 Å². The Hall–Kier alpha value is -0.340. The van der Waals surface area contributed by atoms with E-state index in [1.165, 1.54) is 19.2 Å². The number of nitrogen functional groups attached to an aromatic ring is 1. The van der Waals surface area contributed by atoms with Crippen LogP contribution in [0.15, 0.2) is 21.5 Å². The third kappa shape index (κ3) is 3.82. The number of methoxy groups -OCH3 is 1. The first-order valence-electron chi connectivity index (χ1n) is 4.61. The largest absolute Gasteiger partial charge is 0.398 e. The number of sulfonamides is 1. The summed E-state index contributed by atoms with van der Waals surface area (Å²) >= 11 is 8.90. The summed E-state index contributed by atoms with van der Waals surface area (Å²) in [5, 5.41) is 0.262. The molecule has 0 unspecified atom stereocenters. The molecule has 0 radical (unpaired) electrons. The Morgan fingerprint density at radius 1 is 1.53 bits per heavy atom. The molecular formula is C9H12BrClN2O3S. The van der Waals surface area contributed by atoms with Crippen molar-refractivity contribution in [1.82, 2.24) is 4.72 Å². The lowest BCUT2D eigenvalue weighted by Crippen LogP contribution is -2.27. The van der Waals surface area contributed by atoms with Crippen LogP contribution in [-0.4, -0.2) is 28.7 Å². The molecule has 0 aliphatic rings.